The van der Waals surface area contributed by atoms with E-state index in [1.165, 1.54) is 21.5 Å². The summed E-state index contributed by atoms with van der Waals surface area (Å²) in [6.45, 7) is 7.44. The van der Waals surface area contributed by atoms with E-state index in [4.69, 9.17) is 10.2 Å². The van der Waals surface area contributed by atoms with Crippen molar-refractivity contribution in [1.82, 2.24) is 0 Å². The van der Waals surface area contributed by atoms with E-state index in [1.807, 2.05) is 12.2 Å². The Labute approximate surface area is 192 Å². The van der Waals surface area contributed by atoms with Gasteiger partial charge in [0.25, 0.3) is 0 Å². The second-order valence-corrected chi connectivity index (χ2v) is 6.40. The molecule has 0 amide bonds. The van der Waals surface area contributed by atoms with Crippen LogP contribution in [0.3, 0.4) is 0 Å². The first-order valence-electron chi connectivity index (χ1n) is 9.19. The second kappa shape index (κ2) is 20.5. The monoisotopic (exact) mass is 558 g/mol. The summed E-state index contributed by atoms with van der Waals surface area (Å²) in [5.74, 6) is 0. The van der Waals surface area contributed by atoms with Crippen LogP contribution in [0.1, 0.15) is 20.3 Å². The van der Waals surface area contributed by atoms with Crippen molar-refractivity contribution in [2.45, 2.75) is 33.4 Å². The fourth-order valence-corrected chi connectivity index (χ4v) is 2.24. The van der Waals surface area contributed by atoms with Crippen LogP contribution in [0.2, 0.25) is 13.1 Å². The first kappa shape index (κ1) is 29.0. The molecular weight excluding hydrogens is 527 g/mol. The van der Waals surface area contributed by atoms with Gasteiger partial charge in [0.15, 0.2) is 0 Å². The molecule has 3 aromatic carbocycles. The third-order valence-corrected chi connectivity index (χ3v) is 3.11. The third kappa shape index (κ3) is 12.3. The smallest absolute Gasteiger partial charge is 0.855 e. The molecule has 0 saturated carbocycles. The van der Waals surface area contributed by atoms with Gasteiger partial charge in [0, 0.05) is 9.52 Å². The minimum atomic E-state index is 0. The van der Waals surface area contributed by atoms with E-state index in [2.05, 4.69) is 79.8 Å². The number of hydrogen-bond donors (Lipinski definition) is 0. The van der Waals surface area contributed by atoms with Crippen LogP contribution < -0.4 is 10.2 Å². The van der Waals surface area contributed by atoms with Crippen molar-refractivity contribution in [1.29, 1.82) is 0 Å². The largest absolute Gasteiger partial charge is 4.00 e. The molecule has 3 aromatic rings. The average Bonchev–Trinajstić information content (AvgIpc) is 3.35. The van der Waals surface area contributed by atoms with Gasteiger partial charge in [-0.15, -0.1) is 59.4 Å². The second-order valence-electron chi connectivity index (χ2n) is 5.40. The number of fused-ring (bicyclic) bond motifs is 3. The van der Waals surface area contributed by atoms with E-state index in [1.54, 1.807) is 13.8 Å². The topological polar surface area (TPSA) is 46.1 Å². The van der Waals surface area contributed by atoms with Crippen LogP contribution in [-0.4, -0.2) is 22.7 Å². The molecule has 0 aliphatic heterocycles. The van der Waals surface area contributed by atoms with E-state index in [-0.39, 0.29) is 39.1 Å². The van der Waals surface area contributed by atoms with E-state index in [0.29, 0.717) is 0 Å². The molecule has 0 atom stereocenters. The maximum Gasteiger partial charge on any atom is 4.00 e. The van der Waals surface area contributed by atoms with Gasteiger partial charge in [0.2, 0.25) is 0 Å². The van der Waals surface area contributed by atoms with Crippen molar-refractivity contribution in [3.63, 3.8) is 0 Å². The molecule has 0 heterocycles. The van der Waals surface area contributed by atoms with Gasteiger partial charge in [-0.1, -0.05) is 63.3 Å². The number of benzene rings is 2. The van der Waals surface area contributed by atoms with E-state index >= 15 is 0 Å². The number of allylic oxidation sites excluding steroid dienone is 4. The molecule has 4 rings (SSSR count). The molecule has 0 N–H and O–H groups in total. The SMILES string of the molecule is CC[O-].CC[O-].C[Si]C.[C-]1=CC=CC1.[Hf+4].c1ccc2c(c1)[cH-]c1ccccc12. The maximum absolute atomic E-state index is 8.93. The van der Waals surface area contributed by atoms with Gasteiger partial charge in [0.05, 0.1) is 0 Å². The minimum Gasteiger partial charge on any atom is -0.855 e. The Morgan fingerprint density at radius 1 is 0.893 bits per heavy atom. The Morgan fingerprint density at radius 3 is 1.57 bits per heavy atom. The zero-order valence-electron chi connectivity index (χ0n) is 17.4. The normalized spacial score (nSPS) is 10.2. The fraction of sp³-hybridized carbons (Fsp3) is 0.292. The summed E-state index contributed by atoms with van der Waals surface area (Å²) in [6.07, 6.45) is 10.0. The third-order valence-electron chi connectivity index (χ3n) is 3.11. The Hall–Kier alpha value is -1.20. The molecule has 0 spiro atoms. The summed E-state index contributed by atoms with van der Waals surface area (Å²) >= 11 is 0. The molecule has 0 fully saturated rings. The molecule has 0 unspecified atom stereocenters. The minimum absolute atomic E-state index is 0. The molecule has 146 valence electrons. The maximum atomic E-state index is 8.93. The Kier molecular flexibility index (Phi) is 21.3. The van der Waals surface area contributed by atoms with Gasteiger partial charge in [-0.05, 0) is 0 Å². The Balaban J connectivity index is 0. The van der Waals surface area contributed by atoms with Crippen molar-refractivity contribution < 1.29 is 36.1 Å². The van der Waals surface area contributed by atoms with Crippen molar-refractivity contribution in [2.75, 3.05) is 13.2 Å². The zero-order chi connectivity index (χ0) is 20.3. The summed E-state index contributed by atoms with van der Waals surface area (Å²) in [5, 5.41) is 23.3. The van der Waals surface area contributed by atoms with Crippen LogP contribution in [-0.2, 0) is 25.8 Å². The average molecular weight is 557 g/mol. The van der Waals surface area contributed by atoms with Crippen LogP contribution in [0.5, 0.6) is 0 Å². The van der Waals surface area contributed by atoms with Gasteiger partial charge in [0.1, 0.15) is 0 Å². The fourth-order valence-electron chi connectivity index (χ4n) is 2.24. The van der Waals surface area contributed by atoms with Crippen molar-refractivity contribution in [2.24, 2.45) is 0 Å². The summed E-state index contributed by atoms with van der Waals surface area (Å²) in [5.41, 5.74) is 0. The Morgan fingerprint density at radius 2 is 1.29 bits per heavy atom. The van der Waals surface area contributed by atoms with Crippen molar-refractivity contribution in [3.8, 4) is 0 Å². The summed E-state index contributed by atoms with van der Waals surface area (Å²) in [4.78, 5) is 0. The Bertz CT molecular complexity index is 713. The molecule has 4 heteroatoms. The number of rotatable bonds is 0. The first-order valence-corrected chi connectivity index (χ1v) is 11.2. The summed E-state index contributed by atoms with van der Waals surface area (Å²) in [6, 6.07) is 19.3. The molecule has 1 aliphatic rings. The predicted molar refractivity (Wildman–Crippen MR) is 117 cm³/mol. The van der Waals surface area contributed by atoms with Gasteiger partial charge >= 0.3 is 25.8 Å². The standard InChI is InChI=1S/C13H9.C5H5.2C2H5O.C2H6Si.Hf/c1-3-7-12-10(5-1)9-11-6-2-4-8-13(11)12;1-2-4-5-3-1;2*1-2-3;1-3-2;/h1-9H;1-3H,4H2;2*2H2,1H3;1-2H3;/q4*-1;;+4. The van der Waals surface area contributed by atoms with E-state index < -0.39 is 0 Å². The molecule has 2 radical (unpaired) electrons. The molecule has 0 aromatic heterocycles. The molecule has 2 nitrogen and oxygen atoms in total. The van der Waals surface area contributed by atoms with Gasteiger partial charge in [-0.2, -0.15) is 6.08 Å². The van der Waals surface area contributed by atoms with Crippen LogP contribution in [0, 0.1) is 6.08 Å². The molecule has 0 saturated heterocycles. The van der Waals surface area contributed by atoms with Gasteiger partial charge < -0.3 is 10.2 Å². The van der Waals surface area contributed by atoms with E-state index in [0.717, 1.165) is 15.9 Å². The molecule has 0 bridgehead atoms. The quantitative estimate of drug-likeness (QED) is 0.302. The van der Waals surface area contributed by atoms with Crippen LogP contribution >= 0.6 is 0 Å². The molecule has 28 heavy (non-hydrogen) atoms. The number of hydrogen-bond acceptors (Lipinski definition) is 2. The van der Waals surface area contributed by atoms with Crippen LogP contribution in [0.15, 0.2) is 72.8 Å². The molecular formula is C24H30HfO2Si. The zero-order valence-corrected chi connectivity index (χ0v) is 22.0. The van der Waals surface area contributed by atoms with Crippen molar-refractivity contribution >= 4 is 31.1 Å². The van der Waals surface area contributed by atoms with Crippen LogP contribution in [0.4, 0.5) is 0 Å². The van der Waals surface area contributed by atoms with Gasteiger partial charge in [-0.25, -0.2) is 12.2 Å². The van der Waals surface area contributed by atoms with Crippen molar-refractivity contribution in [3.05, 3.63) is 78.9 Å². The van der Waals surface area contributed by atoms with Gasteiger partial charge in [-0.3, -0.25) is 6.08 Å². The summed E-state index contributed by atoms with van der Waals surface area (Å²) < 4.78 is 0. The predicted octanol–water partition coefficient (Wildman–Crippen LogP) is 4.54. The van der Waals surface area contributed by atoms with Crippen LogP contribution in [0.25, 0.3) is 21.5 Å². The molecule has 1 aliphatic carbocycles. The van der Waals surface area contributed by atoms with E-state index in [9.17, 15) is 0 Å². The summed E-state index contributed by atoms with van der Waals surface area (Å²) in [7, 11) is 1.08. The first-order chi connectivity index (χ1) is 13.2.